The van der Waals surface area contributed by atoms with E-state index in [4.69, 9.17) is 0 Å². The van der Waals surface area contributed by atoms with Crippen molar-refractivity contribution < 1.29 is 22.8 Å². The molecule has 1 aromatic rings. The first-order valence-electron chi connectivity index (χ1n) is 11.1. The molecule has 0 radical (unpaired) electrons. The molecule has 3 fully saturated rings. The highest BCUT2D eigenvalue weighted by Gasteiger charge is 2.61. The van der Waals surface area contributed by atoms with Crippen LogP contribution >= 0.6 is 0 Å². The van der Waals surface area contributed by atoms with Gasteiger partial charge in [0.2, 0.25) is 11.8 Å². The van der Waals surface area contributed by atoms with E-state index in [0.717, 1.165) is 11.1 Å². The Morgan fingerprint density at radius 2 is 1.94 bits per heavy atom. The van der Waals surface area contributed by atoms with E-state index >= 15 is 0 Å². The third kappa shape index (κ3) is 3.19. The number of hydrogen-bond donors (Lipinski definition) is 2. The molecule has 0 aromatic heterocycles. The number of nitrogens with one attached hydrogen (secondary N) is 2. The van der Waals surface area contributed by atoms with Crippen LogP contribution in [0, 0.1) is 0 Å². The molecular formula is C22H28N4O5S. The minimum absolute atomic E-state index is 0.0474. The average molecular weight is 461 g/mol. The normalized spacial score (nSPS) is 28.6. The fourth-order valence-electron chi connectivity index (χ4n) is 5.83. The van der Waals surface area contributed by atoms with Crippen LogP contribution in [0.5, 0.6) is 0 Å². The summed E-state index contributed by atoms with van der Waals surface area (Å²) in [5.74, 6) is -0.756. The maximum Gasteiger partial charge on any atom is 0.255 e. The van der Waals surface area contributed by atoms with Crippen molar-refractivity contribution >= 4 is 27.6 Å². The second-order valence-corrected chi connectivity index (χ2v) is 11.7. The zero-order valence-corrected chi connectivity index (χ0v) is 18.9. The van der Waals surface area contributed by atoms with Gasteiger partial charge >= 0.3 is 0 Å². The van der Waals surface area contributed by atoms with Gasteiger partial charge in [-0.3, -0.25) is 24.6 Å². The van der Waals surface area contributed by atoms with Gasteiger partial charge in [-0.1, -0.05) is 12.1 Å². The lowest BCUT2D eigenvalue weighted by atomic mass is 9.87. The van der Waals surface area contributed by atoms with E-state index < -0.39 is 26.5 Å². The van der Waals surface area contributed by atoms with Crippen LogP contribution in [-0.4, -0.2) is 78.7 Å². The number of sulfone groups is 1. The number of carbonyl (C=O) groups excluding carboxylic acids is 3. The Morgan fingerprint density at radius 1 is 1.19 bits per heavy atom. The van der Waals surface area contributed by atoms with Gasteiger partial charge in [-0.15, -0.1) is 0 Å². The SMILES string of the molecule is CN(Cc1cccc2c1CN(C1CCC(=O)NC1=O)C2=O)C1CS(=O)(=O)C12CCNCC2. The van der Waals surface area contributed by atoms with Crippen LogP contribution in [0.25, 0.3) is 0 Å². The van der Waals surface area contributed by atoms with Gasteiger partial charge in [0.1, 0.15) is 6.04 Å². The van der Waals surface area contributed by atoms with Crippen molar-refractivity contribution in [1.82, 2.24) is 20.4 Å². The van der Waals surface area contributed by atoms with E-state index in [0.29, 0.717) is 51.0 Å². The van der Waals surface area contributed by atoms with Crippen LogP contribution in [0.1, 0.15) is 47.2 Å². The lowest BCUT2D eigenvalue weighted by molar-refractivity contribution is -0.136. The number of piperidine rings is 2. The first-order chi connectivity index (χ1) is 15.2. The molecule has 32 heavy (non-hydrogen) atoms. The molecule has 3 saturated heterocycles. The van der Waals surface area contributed by atoms with E-state index in [2.05, 4.69) is 15.5 Å². The Balaban J connectivity index is 1.36. The van der Waals surface area contributed by atoms with Crippen molar-refractivity contribution in [3.63, 3.8) is 0 Å². The Bertz CT molecular complexity index is 1100. The summed E-state index contributed by atoms with van der Waals surface area (Å²) in [7, 11) is -1.15. The highest BCUT2D eigenvalue weighted by atomic mass is 32.2. The van der Waals surface area contributed by atoms with Crippen LogP contribution in [0.2, 0.25) is 0 Å². The molecule has 10 heteroatoms. The molecule has 9 nitrogen and oxygen atoms in total. The zero-order chi connectivity index (χ0) is 22.7. The average Bonchev–Trinajstić information content (AvgIpc) is 3.10. The maximum atomic E-state index is 13.1. The summed E-state index contributed by atoms with van der Waals surface area (Å²) in [5, 5.41) is 5.59. The summed E-state index contributed by atoms with van der Waals surface area (Å²) in [6, 6.07) is 4.89. The largest absolute Gasteiger partial charge is 0.322 e. The Kier molecular flexibility index (Phi) is 5.14. The Labute approximate surface area is 187 Å². The zero-order valence-electron chi connectivity index (χ0n) is 18.1. The molecule has 3 amide bonds. The molecule has 4 heterocycles. The van der Waals surface area contributed by atoms with Gasteiger partial charge in [-0.2, -0.15) is 0 Å². The number of nitrogens with zero attached hydrogens (tertiary/aromatic N) is 2. The van der Waals surface area contributed by atoms with Crippen molar-refractivity contribution in [1.29, 1.82) is 0 Å². The van der Waals surface area contributed by atoms with E-state index in [1.165, 1.54) is 0 Å². The number of fused-ring (bicyclic) bond motifs is 1. The summed E-state index contributed by atoms with van der Waals surface area (Å²) in [6.07, 6.45) is 1.80. The molecular weight excluding hydrogens is 432 g/mol. The Morgan fingerprint density at radius 3 is 2.62 bits per heavy atom. The second kappa shape index (κ2) is 7.64. The topological polar surface area (TPSA) is 116 Å². The third-order valence-electron chi connectivity index (χ3n) is 7.68. The highest BCUT2D eigenvalue weighted by Crippen LogP contribution is 2.44. The summed E-state index contributed by atoms with van der Waals surface area (Å²) in [5.41, 5.74) is 2.44. The van der Waals surface area contributed by atoms with Crippen molar-refractivity contribution in [3.05, 3.63) is 34.9 Å². The molecule has 0 aliphatic carbocycles. The van der Waals surface area contributed by atoms with Crippen molar-refractivity contribution in [2.75, 3.05) is 25.9 Å². The highest BCUT2D eigenvalue weighted by molar-refractivity contribution is 7.94. The van der Waals surface area contributed by atoms with Crippen LogP contribution < -0.4 is 10.6 Å². The van der Waals surface area contributed by atoms with E-state index in [1.54, 1.807) is 11.0 Å². The number of benzene rings is 1. The monoisotopic (exact) mass is 460 g/mol. The van der Waals surface area contributed by atoms with Gasteiger partial charge in [0, 0.05) is 31.1 Å². The van der Waals surface area contributed by atoms with Crippen LogP contribution in [0.15, 0.2) is 18.2 Å². The third-order valence-corrected chi connectivity index (χ3v) is 10.4. The predicted octanol–water partition coefficient (Wildman–Crippen LogP) is -0.201. The molecule has 1 spiro atoms. The summed E-state index contributed by atoms with van der Waals surface area (Å²) in [6.45, 7) is 2.27. The van der Waals surface area contributed by atoms with E-state index in [9.17, 15) is 22.8 Å². The van der Waals surface area contributed by atoms with Crippen LogP contribution in [-0.2, 0) is 32.5 Å². The van der Waals surface area contributed by atoms with Crippen LogP contribution in [0.3, 0.4) is 0 Å². The van der Waals surface area contributed by atoms with Gasteiger partial charge in [-0.05, 0) is 56.6 Å². The van der Waals surface area contributed by atoms with Crippen molar-refractivity contribution in [2.24, 2.45) is 0 Å². The molecule has 1 aromatic carbocycles. The standard InChI is InChI=1S/C22H28N4O5S/c1-25(18-13-32(30,31)22(18)7-9-23-10-8-22)11-14-3-2-4-15-16(14)12-26(21(15)29)17-5-6-19(27)24-20(17)28/h2-4,17-18,23H,5-13H2,1H3,(H,24,27,28). The van der Waals surface area contributed by atoms with E-state index in [-0.39, 0.29) is 30.0 Å². The van der Waals surface area contributed by atoms with Gasteiger partial charge < -0.3 is 10.2 Å². The van der Waals surface area contributed by atoms with Crippen LogP contribution in [0.4, 0.5) is 0 Å². The maximum absolute atomic E-state index is 13.1. The quantitative estimate of drug-likeness (QED) is 0.598. The van der Waals surface area contributed by atoms with Crippen molar-refractivity contribution in [3.8, 4) is 0 Å². The Hall–Kier alpha value is -2.30. The number of imide groups is 1. The first kappa shape index (κ1) is 21.5. The fraction of sp³-hybridized carbons (Fsp3) is 0.591. The second-order valence-electron chi connectivity index (χ2n) is 9.37. The smallest absolute Gasteiger partial charge is 0.255 e. The van der Waals surface area contributed by atoms with Crippen molar-refractivity contribution in [2.45, 2.75) is 55.6 Å². The molecule has 2 atom stereocenters. The number of hydrogen-bond acceptors (Lipinski definition) is 7. The van der Waals surface area contributed by atoms with Gasteiger partial charge in [0.05, 0.1) is 10.5 Å². The molecule has 5 rings (SSSR count). The minimum atomic E-state index is -3.10. The molecule has 0 saturated carbocycles. The van der Waals surface area contributed by atoms with E-state index in [1.807, 2.05) is 19.2 Å². The lowest BCUT2D eigenvalue weighted by Crippen LogP contribution is -2.71. The summed E-state index contributed by atoms with van der Waals surface area (Å²) >= 11 is 0. The lowest BCUT2D eigenvalue weighted by Gasteiger charge is -2.54. The summed E-state index contributed by atoms with van der Waals surface area (Å²) in [4.78, 5) is 40.5. The minimum Gasteiger partial charge on any atom is -0.322 e. The molecule has 172 valence electrons. The molecule has 2 unspecified atom stereocenters. The molecule has 2 N–H and O–H groups in total. The number of amides is 3. The molecule has 4 aliphatic rings. The number of carbonyl (C=O) groups is 3. The first-order valence-corrected chi connectivity index (χ1v) is 12.8. The van der Waals surface area contributed by atoms with Gasteiger partial charge in [0.15, 0.2) is 9.84 Å². The molecule has 4 aliphatic heterocycles. The predicted molar refractivity (Wildman–Crippen MR) is 116 cm³/mol. The summed E-state index contributed by atoms with van der Waals surface area (Å²) < 4.78 is 24.7. The molecule has 0 bridgehead atoms. The van der Waals surface area contributed by atoms with Gasteiger partial charge in [-0.25, -0.2) is 8.42 Å². The fourth-order valence-corrected chi connectivity index (χ4v) is 8.36. The van der Waals surface area contributed by atoms with Gasteiger partial charge in [0.25, 0.3) is 5.91 Å². The number of rotatable bonds is 4.